The van der Waals surface area contributed by atoms with Gasteiger partial charge in [0.15, 0.2) is 11.6 Å². The second-order valence-electron chi connectivity index (χ2n) is 9.88. The first kappa shape index (κ1) is 22.6. The lowest BCUT2D eigenvalue weighted by molar-refractivity contribution is -0.276. The standard InChI is InChI=1S/C25H31F5O/c1-2-15-3-5-16(6-4-15)17-7-8-19-12-20(10-9-18(19)11-17)21-13-22(26)24(23(27)14-21)31-25(28,29)30/h2,13-20H,1,3-12H2. The van der Waals surface area contributed by atoms with Gasteiger partial charge in [0.25, 0.3) is 0 Å². The molecule has 31 heavy (non-hydrogen) atoms. The molecule has 4 atom stereocenters. The van der Waals surface area contributed by atoms with Gasteiger partial charge in [0, 0.05) is 0 Å². The Kier molecular flexibility index (Phi) is 6.64. The number of benzene rings is 1. The van der Waals surface area contributed by atoms with Gasteiger partial charge in [0.2, 0.25) is 5.75 Å². The summed E-state index contributed by atoms with van der Waals surface area (Å²) in [6.45, 7) is 3.94. The summed E-state index contributed by atoms with van der Waals surface area (Å²) in [5.74, 6) is -0.456. The Hall–Kier alpha value is -1.59. The summed E-state index contributed by atoms with van der Waals surface area (Å²) < 4.78 is 69.0. The first-order valence-electron chi connectivity index (χ1n) is 11.6. The molecular weight excluding hydrogens is 411 g/mol. The number of alkyl halides is 3. The van der Waals surface area contributed by atoms with Gasteiger partial charge in [-0.1, -0.05) is 6.08 Å². The van der Waals surface area contributed by atoms with Crippen LogP contribution in [0.3, 0.4) is 0 Å². The van der Waals surface area contributed by atoms with Gasteiger partial charge < -0.3 is 4.74 Å². The highest BCUT2D eigenvalue weighted by Gasteiger charge is 2.40. The van der Waals surface area contributed by atoms with Crippen molar-refractivity contribution >= 4 is 0 Å². The van der Waals surface area contributed by atoms with E-state index >= 15 is 0 Å². The SMILES string of the molecule is C=CC1CCC(C2CCC3CC(c4cc(F)c(OC(F)(F)F)c(F)c4)CCC3C2)CC1. The molecule has 4 unspecified atom stereocenters. The van der Waals surface area contributed by atoms with Crippen molar-refractivity contribution in [2.24, 2.45) is 29.6 Å². The maximum absolute atomic E-state index is 14.2. The lowest BCUT2D eigenvalue weighted by atomic mass is 9.60. The number of hydrogen-bond donors (Lipinski definition) is 0. The number of fused-ring (bicyclic) bond motifs is 1. The van der Waals surface area contributed by atoms with Crippen LogP contribution in [0.15, 0.2) is 24.8 Å². The number of allylic oxidation sites excluding steroid dienone is 1. The minimum atomic E-state index is -5.12. The average Bonchev–Trinajstić information content (AvgIpc) is 2.75. The number of ether oxygens (including phenoxy) is 1. The zero-order chi connectivity index (χ0) is 22.2. The van der Waals surface area contributed by atoms with Gasteiger partial charge in [-0.15, -0.1) is 19.8 Å². The molecule has 0 amide bonds. The fourth-order valence-electron chi connectivity index (χ4n) is 6.54. The molecule has 0 bridgehead atoms. The summed E-state index contributed by atoms with van der Waals surface area (Å²) in [7, 11) is 0. The molecule has 3 aliphatic carbocycles. The molecule has 0 saturated heterocycles. The van der Waals surface area contributed by atoms with Crippen LogP contribution in [0.25, 0.3) is 0 Å². The highest BCUT2D eigenvalue weighted by atomic mass is 19.4. The minimum Gasteiger partial charge on any atom is -0.399 e. The molecule has 0 radical (unpaired) electrons. The van der Waals surface area contributed by atoms with Crippen molar-refractivity contribution in [2.45, 2.75) is 76.5 Å². The topological polar surface area (TPSA) is 9.23 Å². The van der Waals surface area contributed by atoms with E-state index in [0.29, 0.717) is 23.3 Å². The monoisotopic (exact) mass is 442 g/mol. The van der Waals surface area contributed by atoms with Crippen LogP contribution >= 0.6 is 0 Å². The predicted octanol–water partition coefficient (Wildman–Crippen LogP) is 8.16. The van der Waals surface area contributed by atoms with E-state index in [2.05, 4.69) is 17.4 Å². The summed E-state index contributed by atoms with van der Waals surface area (Å²) in [5, 5.41) is 0. The van der Waals surface area contributed by atoms with Gasteiger partial charge in [-0.2, -0.15) is 0 Å². The van der Waals surface area contributed by atoms with Crippen molar-refractivity contribution in [2.75, 3.05) is 0 Å². The van der Waals surface area contributed by atoms with E-state index in [1.54, 1.807) is 0 Å². The van der Waals surface area contributed by atoms with E-state index in [0.717, 1.165) is 49.7 Å². The van der Waals surface area contributed by atoms with Crippen molar-refractivity contribution in [1.82, 2.24) is 0 Å². The molecule has 0 spiro atoms. The van der Waals surface area contributed by atoms with Crippen LogP contribution in [0, 0.1) is 41.2 Å². The Morgan fingerprint density at radius 3 is 1.87 bits per heavy atom. The fraction of sp³-hybridized carbons (Fsp3) is 0.680. The number of halogens is 5. The molecule has 4 rings (SSSR count). The Morgan fingerprint density at radius 2 is 1.29 bits per heavy atom. The Morgan fingerprint density at radius 1 is 0.774 bits per heavy atom. The zero-order valence-electron chi connectivity index (χ0n) is 17.8. The third-order valence-electron chi connectivity index (χ3n) is 8.18. The van der Waals surface area contributed by atoms with Gasteiger partial charge >= 0.3 is 6.36 Å². The zero-order valence-corrected chi connectivity index (χ0v) is 17.8. The van der Waals surface area contributed by atoms with Crippen LogP contribution in [0.2, 0.25) is 0 Å². The molecule has 0 heterocycles. The van der Waals surface area contributed by atoms with Crippen molar-refractivity contribution in [3.63, 3.8) is 0 Å². The largest absolute Gasteiger partial charge is 0.573 e. The van der Waals surface area contributed by atoms with E-state index in [4.69, 9.17) is 0 Å². The first-order valence-corrected chi connectivity index (χ1v) is 11.6. The molecule has 6 heteroatoms. The lowest BCUT2D eigenvalue weighted by Gasteiger charge is -2.45. The molecule has 0 aliphatic heterocycles. The van der Waals surface area contributed by atoms with Gasteiger partial charge in [-0.25, -0.2) is 8.78 Å². The normalized spacial score (nSPS) is 34.1. The Labute approximate surface area is 181 Å². The third-order valence-corrected chi connectivity index (χ3v) is 8.18. The molecule has 1 aromatic rings. The van der Waals surface area contributed by atoms with E-state index < -0.39 is 23.7 Å². The molecule has 1 nitrogen and oxygen atoms in total. The first-order chi connectivity index (χ1) is 14.7. The molecule has 0 aromatic heterocycles. The highest BCUT2D eigenvalue weighted by molar-refractivity contribution is 5.33. The van der Waals surface area contributed by atoms with Gasteiger partial charge in [-0.05, 0) is 117 Å². The number of hydrogen-bond acceptors (Lipinski definition) is 1. The maximum Gasteiger partial charge on any atom is 0.573 e. The van der Waals surface area contributed by atoms with E-state index in [1.807, 2.05) is 0 Å². The van der Waals surface area contributed by atoms with Gasteiger partial charge in [0.1, 0.15) is 0 Å². The van der Waals surface area contributed by atoms with Crippen LogP contribution in [0.5, 0.6) is 5.75 Å². The fourth-order valence-corrected chi connectivity index (χ4v) is 6.54. The quantitative estimate of drug-likeness (QED) is 0.338. The highest BCUT2D eigenvalue weighted by Crippen LogP contribution is 2.51. The van der Waals surface area contributed by atoms with E-state index in [1.165, 1.54) is 38.5 Å². The van der Waals surface area contributed by atoms with Crippen LogP contribution in [0.1, 0.15) is 75.7 Å². The van der Waals surface area contributed by atoms with Crippen LogP contribution in [0.4, 0.5) is 22.0 Å². The van der Waals surface area contributed by atoms with Gasteiger partial charge in [-0.3, -0.25) is 0 Å². The van der Waals surface area contributed by atoms with Crippen LogP contribution < -0.4 is 4.74 Å². The predicted molar refractivity (Wildman–Crippen MR) is 110 cm³/mol. The van der Waals surface area contributed by atoms with E-state index in [9.17, 15) is 22.0 Å². The molecule has 3 aliphatic rings. The molecule has 1 aromatic carbocycles. The van der Waals surface area contributed by atoms with Gasteiger partial charge in [0.05, 0.1) is 0 Å². The molecule has 172 valence electrons. The second kappa shape index (κ2) is 9.11. The molecule has 0 N–H and O–H groups in total. The summed E-state index contributed by atoms with van der Waals surface area (Å²) >= 11 is 0. The Bertz CT molecular complexity index is 758. The molecule has 3 saturated carbocycles. The summed E-state index contributed by atoms with van der Waals surface area (Å²) in [6, 6.07) is 2.05. The molecular formula is C25H31F5O. The summed E-state index contributed by atoms with van der Waals surface area (Å²) in [5.41, 5.74) is 0.452. The second-order valence-corrected chi connectivity index (χ2v) is 9.88. The van der Waals surface area contributed by atoms with Crippen molar-refractivity contribution in [3.8, 4) is 5.75 Å². The molecule has 3 fully saturated rings. The Balaban J connectivity index is 1.37. The summed E-state index contributed by atoms with van der Waals surface area (Å²) in [6.07, 6.45) is 8.42. The van der Waals surface area contributed by atoms with Crippen molar-refractivity contribution < 1.29 is 26.7 Å². The third kappa shape index (κ3) is 5.25. The average molecular weight is 443 g/mol. The van der Waals surface area contributed by atoms with Crippen LogP contribution in [-0.4, -0.2) is 6.36 Å². The van der Waals surface area contributed by atoms with Crippen molar-refractivity contribution in [1.29, 1.82) is 0 Å². The lowest BCUT2D eigenvalue weighted by Crippen LogP contribution is -2.34. The summed E-state index contributed by atoms with van der Waals surface area (Å²) in [4.78, 5) is 0. The maximum atomic E-state index is 14.2. The smallest absolute Gasteiger partial charge is 0.399 e. The van der Waals surface area contributed by atoms with E-state index in [-0.39, 0.29) is 5.92 Å². The minimum absolute atomic E-state index is 0.00948. The van der Waals surface area contributed by atoms with Crippen LogP contribution in [-0.2, 0) is 0 Å². The van der Waals surface area contributed by atoms with Crippen molar-refractivity contribution in [3.05, 3.63) is 42.0 Å². The number of rotatable bonds is 4.